The number of H-pyrrole nitrogens is 1. The van der Waals surface area contributed by atoms with E-state index in [0.29, 0.717) is 65.0 Å². The summed E-state index contributed by atoms with van der Waals surface area (Å²) in [5.41, 5.74) is 3.32. The topological polar surface area (TPSA) is 130 Å². The Labute approximate surface area is 221 Å². The van der Waals surface area contributed by atoms with Crippen LogP contribution in [0.25, 0.3) is 22.3 Å². The maximum atomic E-state index is 13.6. The van der Waals surface area contributed by atoms with Gasteiger partial charge in [0.15, 0.2) is 0 Å². The average molecular weight is 522 g/mol. The number of aryl methyl sites for hydroxylation is 1. The van der Waals surface area contributed by atoms with E-state index in [1.54, 1.807) is 7.11 Å². The number of fused-ring (bicyclic) bond motifs is 1. The van der Waals surface area contributed by atoms with E-state index in [-0.39, 0.29) is 23.4 Å². The molecule has 2 fully saturated rings. The molecule has 10 nitrogen and oxygen atoms in total. The first-order valence-corrected chi connectivity index (χ1v) is 13.0. The van der Waals surface area contributed by atoms with Crippen LogP contribution in [-0.2, 0) is 0 Å². The van der Waals surface area contributed by atoms with E-state index in [0.717, 1.165) is 5.56 Å². The van der Waals surface area contributed by atoms with Crippen molar-refractivity contribution in [2.75, 3.05) is 20.3 Å². The number of nitrogens with zero attached hydrogens (tertiary/aromatic N) is 3. The number of benzene rings is 1. The average Bonchev–Trinajstić information content (AvgIpc) is 3.48. The highest BCUT2D eigenvalue weighted by Crippen LogP contribution is 2.39. The number of aromatic nitrogens is 3. The highest BCUT2D eigenvalue weighted by Gasteiger charge is 2.45. The van der Waals surface area contributed by atoms with Gasteiger partial charge in [-0.25, -0.2) is 14.8 Å². The number of nitrogens with one attached hydrogen (secondary N) is 2. The molecule has 1 saturated carbocycles. The SMILES string of the molecule is COc1ccc(-c2ncnc3c(C(=O)N[C@@H]4CCN(C(=O)O)C4C(C)(C)C)c(C)[nH]c23)c(OCC2CC2)c1. The van der Waals surface area contributed by atoms with Crippen molar-refractivity contribution in [1.82, 2.24) is 25.2 Å². The standard InChI is InChI=1S/C28H35N5O5/c1-15-21(26(34)32-19-10-11-33(27(35)36)25(19)28(2,3)4)23-24(31-15)22(29-14-30-23)18-9-8-17(37-5)12-20(18)38-13-16-6-7-16/h8-9,12,14,16,19,25,31H,6-7,10-11,13H2,1-5H3,(H,32,34)(H,35,36)/t19-,25?/m1/s1. The van der Waals surface area contributed by atoms with Crippen LogP contribution in [0.5, 0.6) is 11.5 Å². The van der Waals surface area contributed by atoms with Gasteiger partial charge in [-0.05, 0) is 49.7 Å². The number of hydrogen-bond acceptors (Lipinski definition) is 6. The zero-order valence-electron chi connectivity index (χ0n) is 22.5. The second-order valence-electron chi connectivity index (χ2n) is 11.3. The highest BCUT2D eigenvalue weighted by molar-refractivity contribution is 6.09. The van der Waals surface area contributed by atoms with Crippen molar-refractivity contribution >= 4 is 23.0 Å². The summed E-state index contributed by atoms with van der Waals surface area (Å²) in [6.45, 7) is 8.82. The molecule has 10 heteroatoms. The van der Waals surface area contributed by atoms with Crippen molar-refractivity contribution in [2.45, 2.75) is 59.0 Å². The molecule has 1 aromatic carbocycles. The molecule has 2 atom stereocenters. The van der Waals surface area contributed by atoms with Gasteiger partial charge in [-0.2, -0.15) is 0 Å². The molecule has 3 aromatic rings. The molecule has 3 heterocycles. The second kappa shape index (κ2) is 9.81. The molecule has 1 unspecified atom stereocenters. The molecule has 2 aliphatic rings. The molecule has 1 aliphatic carbocycles. The largest absolute Gasteiger partial charge is 0.497 e. The lowest BCUT2D eigenvalue weighted by Gasteiger charge is -2.37. The Hall–Kier alpha value is -3.82. The molecule has 2 aromatic heterocycles. The van der Waals surface area contributed by atoms with Gasteiger partial charge in [-0.3, -0.25) is 4.79 Å². The summed E-state index contributed by atoms with van der Waals surface area (Å²) in [5, 5.41) is 12.8. The van der Waals surface area contributed by atoms with Gasteiger partial charge >= 0.3 is 6.09 Å². The molecule has 0 bridgehead atoms. The Bertz CT molecular complexity index is 1370. The van der Waals surface area contributed by atoms with E-state index >= 15 is 0 Å². The number of aromatic amines is 1. The van der Waals surface area contributed by atoms with Crippen molar-refractivity contribution < 1.29 is 24.2 Å². The Balaban J connectivity index is 1.49. The van der Waals surface area contributed by atoms with Gasteiger partial charge in [0.2, 0.25) is 0 Å². The molecule has 0 spiro atoms. The predicted octanol–water partition coefficient (Wildman–Crippen LogP) is 4.63. The minimum absolute atomic E-state index is 0.287. The van der Waals surface area contributed by atoms with E-state index in [4.69, 9.17) is 9.47 Å². The summed E-state index contributed by atoms with van der Waals surface area (Å²) in [6.07, 6.45) is 3.38. The minimum atomic E-state index is -0.971. The van der Waals surface area contributed by atoms with Crippen LogP contribution in [0.3, 0.4) is 0 Å². The lowest BCUT2D eigenvalue weighted by atomic mass is 9.82. The van der Waals surface area contributed by atoms with Crippen molar-refractivity contribution in [3.8, 4) is 22.8 Å². The smallest absolute Gasteiger partial charge is 0.407 e. The fourth-order valence-electron chi connectivity index (χ4n) is 5.51. The summed E-state index contributed by atoms with van der Waals surface area (Å²) in [7, 11) is 1.62. The van der Waals surface area contributed by atoms with E-state index in [2.05, 4.69) is 20.3 Å². The molecule has 5 rings (SSSR count). The van der Waals surface area contributed by atoms with Crippen LogP contribution in [0, 0.1) is 18.3 Å². The highest BCUT2D eigenvalue weighted by atomic mass is 16.5. The predicted molar refractivity (Wildman–Crippen MR) is 143 cm³/mol. The summed E-state index contributed by atoms with van der Waals surface area (Å²) >= 11 is 0. The normalized spacial score (nSPS) is 19.6. The number of methoxy groups -OCH3 is 1. The Morgan fingerprint density at radius 3 is 2.63 bits per heavy atom. The third-order valence-electron chi connectivity index (χ3n) is 7.46. The van der Waals surface area contributed by atoms with Gasteiger partial charge in [-0.1, -0.05) is 20.8 Å². The van der Waals surface area contributed by atoms with E-state index < -0.39 is 6.09 Å². The Morgan fingerprint density at radius 2 is 1.97 bits per heavy atom. The van der Waals surface area contributed by atoms with Crippen LogP contribution >= 0.6 is 0 Å². The number of ether oxygens (including phenoxy) is 2. The fraction of sp³-hybridized carbons (Fsp3) is 0.500. The second-order valence-corrected chi connectivity index (χ2v) is 11.3. The van der Waals surface area contributed by atoms with E-state index in [1.807, 2.05) is 45.9 Å². The lowest BCUT2D eigenvalue weighted by Crippen LogP contribution is -2.52. The van der Waals surface area contributed by atoms with Gasteiger partial charge in [0.05, 0.1) is 36.9 Å². The molecule has 38 heavy (non-hydrogen) atoms. The van der Waals surface area contributed by atoms with Crippen LogP contribution in [-0.4, -0.2) is 69.3 Å². The molecule has 202 valence electrons. The minimum Gasteiger partial charge on any atom is -0.497 e. The lowest BCUT2D eigenvalue weighted by molar-refractivity contribution is 0.0827. The number of amides is 2. The maximum Gasteiger partial charge on any atom is 0.407 e. The molecular weight excluding hydrogens is 486 g/mol. The first-order chi connectivity index (χ1) is 18.1. The monoisotopic (exact) mass is 521 g/mol. The van der Waals surface area contributed by atoms with E-state index in [1.165, 1.54) is 24.1 Å². The van der Waals surface area contributed by atoms with Crippen LogP contribution in [0.15, 0.2) is 24.5 Å². The van der Waals surface area contributed by atoms with Crippen molar-refractivity contribution in [2.24, 2.45) is 11.3 Å². The van der Waals surface area contributed by atoms with Crippen molar-refractivity contribution in [3.05, 3.63) is 35.8 Å². The molecule has 1 aliphatic heterocycles. The van der Waals surface area contributed by atoms with Crippen molar-refractivity contribution in [1.29, 1.82) is 0 Å². The summed E-state index contributed by atoms with van der Waals surface area (Å²) in [6, 6.07) is 4.97. The summed E-state index contributed by atoms with van der Waals surface area (Å²) in [4.78, 5) is 39.3. The van der Waals surface area contributed by atoms with Gasteiger partial charge in [0.1, 0.15) is 29.0 Å². The maximum absolute atomic E-state index is 13.6. The zero-order valence-corrected chi connectivity index (χ0v) is 22.5. The molecule has 3 N–H and O–H groups in total. The third kappa shape index (κ3) is 4.87. The van der Waals surface area contributed by atoms with Crippen LogP contribution < -0.4 is 14.8 Å². The van der Waals surface area contributed by atoms with Crippen LogP contribution in [0.4, 0.5) is 4.79 Å². The summed E-state index contributed by atoms with van der Waals surface area (Å²) in [5.74, 6) is 1.65. The summed E-state index contributed by atoms with van der Waals surface area (Å²) < 4.78 is 11.6. The number of likely N-dealkylation sites (tertiary alicyclic amines) is 1. The van der Waals surface area contributed by atoms with E-state index in [9.17, 15) is 14.7 Å². The molecule has 2 amide bonds. The number of hydrogen-bond donors (Lipinski definition) is 3. The zero-order chi connectivity index (χ0) is 27.2. The van der Waals surface area contributed by atoms with Crippen molar-refractivity contribution in [3.63, 3.8) is 0 Å². The van der Waals surface area contributed by atoms with Gasteiger partial charge in [0, 0.05) is 23.9 Å². The Kier molecular flexibility index (Phi) is 6.66. The van der Waals surface area contributed by atoms with Crippen LogP contribution in [0.1, 0.15) is 56.1 Å². The Morgan fingerprint density at radius 1 is 1.21 bits per heavy atom. The molecule has 0 radical (unpaired) electrons. The third-order valence-corrected chi connectivity index (χ3v) is 7.46. The molecule has 1 saturated heterocycles. The fourth-order valence-corrected chi connectivity index (χ4v) is 5.51. The number of rotatable bonds is 7. The van der Waals surface area contributed by atoms with Gasteiger partial charge < -0.3 is 29.8 Å². The molecular formula is C28H35N5O5. The van der Waals surface area contributed by atoms with Crippen LogP contribution in [0.2, 0.25) is 0 Å². The van der Waals surface area contributed by atoms with Gasteiger partial charge in [-0.15, -0.1) is 0 Å². The first-order valence-electron chi connectivity index (χ1n) is 13.0. The first kappa shape index (κ1) is 25.8. The number of carboxylic acid groups (broad SMARTS) is 1. The number of carbonyl (C=O) groups excluding carboxylic acids is 1. The number of carbonyl (C=O) groups is 2. The quantitative estimate of drug-likeness (QED) is 0.413. The van der Waals surface area contributed by atoms with Gasteiger partial charge in [0.25, 0.3) is 5.91 Å².